The second-order valence-corrected chi connectivity index (χ2v) is 4.85. The predicted octanol–water partition coefficient (Wildman–Crippen LogP) is 3.49. The summed E-state index contributed by atoms with van der Waals surface area (Å²) in [5.74, 6) is -0.366. The molecule has 0 aliphatic heterocycles. The molecule has 2 aromatic carbocycles. The zero-order chi connectivity index (χ0) is 16.9. The van der Waals surface area contributed by atoms with Gasteiger partial charge in [0, 0.05) is 18.2 Å². The van der Waals surface area contributed by atoms with Gasteiger partial charge in [-0.15, -0.1) is 0 Å². The smallest absolute Gasteiger partial charge is 0.331 e. The molecule has 0 saturated heterocycles. The molecule has 0 N–H and O–H groups in total. The molecule has 3 aromatic rings. The van der Waals surface area contributed by atoms with E-state index in [0.717, 1.165) is 0 Å². The van der Waals surface area contributed by atoms with Crippen LogP contribution in [0.25, 0.3) is 17.2 Å². The number of hydrogen-bond acceptors (Lipinski definition) is 6. The molecule has 0 amide bonds. The first-order chi connectivity index (χ1) is 11.6. The maximum Gasteiger partial charge on any atom is 0.331 e. The van der Waals surface area contributed by atoms with Gasteiger partial charge in [-0.25, -0.2) is 9.78 Å². The predicted molar refractivity (Wildman–Crippen MR) is 85.9 cm³/mol. The van der Waals surface area contributed by atoms with Gasteiger partial charge in [0.15, 0.2) is 5.58 Å². The Morgan fingerprint density at radius 3 is 2.75 bits per heavy atom. The van der Waals surface area contributed by atoms with Crippen molar-refractivity contribution < 1.29 is 18.9 Å². The molecule has 7 heteroatoms. The Morgan fingerprint density at radius 1 is 1.21 bits per heavy atom. The molecule has 7 nitrogen and oxygen atoms in total. The number of oxazole rings is 1. The van der Waals surface area contributed by atoms with Crippen LogP contribution in [0.5, 0.6) is 0 Å². The normalized spacial score (nSPS) is 11.0. The summed E-state index contributed by atoms with van der Waals surface area (Å²) in [5, 5.41) is 10.9. The first-order valence-corrected chi connectivity index (χ1v) is 7.06. The van der Waals surface area contributed by atoms with E-state index in [0.29, 0.717) is 16.7 Å². The second-order valence-electron chi connectivity index (χ2n) is 4.85. The number of ether oxygens (including phenoxy) is 1. The van der Waals surface area contributed by atoms with Crippen molar-refractivity contribution in [3.63, 3.8) is 0 Å². The van der Waals surface area contributed by atoms with Crippen LogP contribution in [0.4, 0.5) is 5.69 Å². The standard InChI is InChI=1S/C17H12N2O5/c20-17(23-11-12-5-1-3-7-14(12)19(21)22)10-9-16-18-13-6-2-4-8-15(13)24-16/h1-10H,11H2/b10-9+. The third-order valence-corrected chi connectivity index (χ3v) is 3.23. The summed E-state index contributed by atoms with van der Waals surface area (Å²) in [4.78, 5) is 26.3. The van der Waals surface area contributed by atoms with Gasteiger partial charge in [0.25, 0.3) is 5.69 Å². The molecule has 0 fully saturated rings. The van der Waals surface area contributed by atoms with Crippen molar-refractivity contribution >= 4 is 28.8 Å². The lowest BCUT2D eigenvalue weighted by Gasteiger charge is -2.02. The van der Waals surface area contributed by atoms with Gasteiger partial charge in [0.1, 0.15) is 12.1 Å². The molecule has 0 atom stereocenters. The molecule has 0 unspecified atom stereocenters. The molecular formula is C17H12N2O5. The summed E-state index contributed by atoms with van der Waals surface area (Å²) in [5.41, 5.74) is 1.54. The van der Waals surface area contributed by atoms with Gasteiger partial charge in [-0.1, -0.05) is 24.3 Å². The van der Waals surface area contributed by atoms with Gasteiger partial charge in [-0.2, -0.15) is 0 Å². The summed E-state index contributed by atoms with van der Waals surface area (Å²) in [7, 11) is 0. The Bertz CT molecular complexity index is 896. The zero-order valence-electron chi connectivity index (χ0n) is 12.4. The van der Waals surface area contributed by atoms with Gasteiger partial charge >= 0.3 is 5.97 Å². The van der Waals surface area contributed by atoms with Crippen molar-refractivity contribution in [3.05, 3.63) is 76.2 Å². The Morgan fingerprint density at radius 2 is 1.96 bits per heavy atom. The highest BCUT2D eigenvalue weighted by Gasteiger charge is 2.13. The summed E-state index contributed by atoms with van der Waals surface area (Å²) in [6, 6.07) is 13.3. The number of carbonyl (C=O) groups is 1. The van der Waals surface area contributed by atoms with E-state index in [4.69, 9.17) is 9.15 Å². The fourth-order valence-electron chi connectivity index (χ4n) is 2.11. The van der Waals surface area contributed by atoms with Gasteiger partial charge in [0.2, 0.25) is 5.89 Å². The van der Waals surface area contributed by atoms with E-state index in [9.17, 15) is 14.9 Å². The number of fused-ring (bicyclic) bond motifs is 1. The molecular weight excluding hydrogens is 312 g/mol. The van der Waals surface area contributed by atoms with Crippen LogP contribution in [-0.4, -0.2) is 15.9 Å². The highest BCUT2D eigenvalue weighted by molar-refractivity contribution is 5.87. The Kier molecular flexibility index (Phi) is 4.33. The monoisotopic (exact) mass is 324 g/mol. The number of para-hydroxylation sites is 3. The number of aromatic nitrogens is 1. The van der Waals surface area contributed by atoms with E-state index < -0.39 is 10.9 Å². The second kappa shape index (κ2) is 6.74. The van der Waals surface area contributed by atoms with Crippen LogP contribution < -0.4 is 0 Å². The Balaban J connectivity index is 1.64. The van der Waals surface area contributed by atoms with E-state index in [1.54, 1.807) is 24.3 Å². The van der Waals surface area contributed by atoms with Crippen LogP contribution in [-0.2, 0) is 16.1 Å². The molecule has 0 aliphatic carbocycles. The molecule has 1 aromatic heterocycles. The number of nitro groups is 1. The van der Waals surface area contributed by atoms with Crippen LogP contribution in [0.15, 0.2) is 59.0 Å². The van der Waals surface area contributed by atoms with Crippen LogP contribution in [0.3, 0.4) is 0 Å². The first kappa shape index (κ1) is 15.4. The number of rotatable bonds is 5. The third kappa shape index (κ3) is 3.46. The number of carbonyl (C=O) groups excluding carboxylic acids is 1. The lowest BCUT2D eigenvalue weighted by molar-refractivity contribution is -0.385. The van der Waals surface area contributed by atoms with Crippen molar-refractivity contribution in [1.82, 2.24) is 4.98 Å². The number of nitrogens with zero attached hydrogens (tertiary/aromatic N) is 2. The average Bonchev–Trinajstić information content (AvgIpc) is 3.01. The molecule has 0 radical (unpaired) electrons. The fraction of sp³-hybridized carbons (Fsp3) is 0.0588. The van der Waals surface area contributed by atoms with Crippen molar-refractivity contribution in [3.8, 4) is 0 Å². The maximum absolute atomic E-state index is 11.7. The number of nitro benzene ring substituents is 1. The Hall–Kier alpha value is -3.48. The quantitative estimate of drug-likeness (QED) is 0.308. The number of hydrogen-bond donors (Lipinski definition) is 0. The lowest BCUT2D eigenvalue weighted by atomic mass is 10.2. The third-order valence-electron chi connectivity index (χ3n) is 3.23. The summed E-state index contributed by atoms with van der Waals surface area (Å²) in [6.45, 7) is -0.187. The molecule has 120 valence electrons. The van der Waals surface area contributed by atoms with Crippen LogP contribution in [0.1, 0.15) is 11.5 Å². The topological polar surface area (TPSA) is 95.5 Å². The van der Waals surface area contributed by atoms with Crippen molar-refractivity contribution in [1.29, 1.82) is 0 Å². The SMILES string of the molecule is O=C(/C=C/c1nc2ccccc2o1)OCc1ccccc1[N+](=O)[O-]. The molecule has 24 heavy (non-hydrogen) atoms. The van der Waals surface area contributed by atoms with E-state index in [-0.39, 0.29) is 18.2 Å². The summed E-state index contributed by atoms with van der Waals surface area (Å²) < 4.78 is 10.5. The van der Waals surface area contributed by atoms with E-state index >= 15 is 0 Å². The highest BCUT2D eigenvalue weighted by atomic mass is 16.6. The summed E-state index contributed by atoms with van der Waals surface area (Å²) in [6.07, 6.45) is 2.56. The van der Waals surface area contributed by atoms with Crippen LogP contribution in [0, 0.1) is 10.1 Å². The minimum absolute atomic E-state index is 0.0896. The Labute approximate surface area is 136 Å². The first-order valence-electron chi connectivity index (χ1n) is 7.06. The average molecular weight is 324 g/mol. The van der Waals surface area contributed by atoms with Crippen LogP contribution >= 0.6 is 0 Å². The molecule has 0 aliphatic rings. The zero-order valence-corrected chi connectivity index (χ0v) is 12.4. The van der Waals surface area contributed by atoms with Gasteiger partial charge in [-0.3, -0.25) is 10.1 Å². The number of esters is 1. The van der Waals surface area contributed by atoms with Crippen molar-refractivity contribution in [2.24, 2.45) is 0 Å². The fourth-order valence-corrected chi connectivity index (χ4v) is 2.11. The van der Waals surface area contributed by atoms with E-state index in [1.807, 2.05) is 12.1 Å². The lowest BCUT2D eigenvalue weighted by Crippen LogP contribution is -2.03. The van der Waals surface area contributed by atoms with Crippen molar-refractivity contribution in [2.45, 2.75) is 6.61 Å². The highest BCUT2D eigenvalue weighted by Crippen LogP contribution is 2.19. The van der Waals surface area contributed by atoms with E-state index in [2.05, 4.69) is 4.98 Å². The van der Waals surface area contributed by atoms with Crippen LogP contribution in [0.2, 0.25) is 0 Å². The van der Waals surface area contributed by atoms with Crippen molar-refractivity contribution in [2.75, 3.05) is 0 Å². The molecule has 0 spiro atoms. The largest absolute Gasteiger partial charge is 0.457 e. The number of benzene rings is 2. The molecule has 3 rings (SSSR count). The molecule has 1 heterocycles. The molecule has 0 saturated carbocycles. The van der Waals surface area contributed by atoms with E-state index in [1.165, 1.54) is 24.3 Å². The summed E-state index contributed by atoms with van der Waals surface area (Å²) >= 11 is 0. The van der Waals surface area contributed by atoms with Gasteiger partial charge in [0.05, 0.1) is 10.5 Å². The minimum Gasteiger partial charge on any atom is -0.457 e. The molecule has 0 bridgehead atoms. The van der Waals surface area contributed by atoms with Gasteiger partial charge < -0.3 is 9.15 Å². The maximum atomic E-state index is 11.7. The van der Waals surface area contributed by atoms with Gasteiger partial charge in [-0.05, 0) is 18.2 Å². The minimum atomic E-state index is -0.643.